The molecule has 0 radical (unpaired) electrons. The summed E-state index contributed by atoms with van der Waals surface area (Å²) in [5, 5.41) is 9.12. The third-order valence-electron chi connectivity index (χ3n) is 2.91. The smallest absolute Gasteiger partial charge is 0.396 e. The van der Waals surface area contributed by atoms with Gasteiger partial charge in [0.1, 0.15) is 5.82 Å². The van der Waals surface area contributed by atoms with Crippen molar-refractivity contribution in [2.24, 2.45) is 11.1 Å². The van der Waals surface area contributed by atoms with Crippen LogP contribution in [0, 0.1) is 11.2 Å². The molecule has 0 saturated heterocycles. The quantitative estimate of drug-likeness (QED) is 0.825. The summed E-state index contributed by atoms with van der Waals surface area (Å²) in [6.45, 7) is 2.75. The van der Waals surface area contributed by atoms with Gasteiger partial charge in [0, 0.05) is 23.6 Å². The molecule has 18 heavy (non-hydrogen) atoms. The lowest BCUT2D eigenvalue weighted by molar-refractivity contribution is -0.137. The molecular weight excluding hydrogens is 250 g/mol. The van der Waals surface area contributed by atoms with E-state index in [1.165, 1.54) is 0 Å². The second-order valence-electron chi connectivity index (χ2n) is 4.86. The molecule has 1 rings (SSSR count). The van der Waals surface area contributed by atoms with Crippen LogP contribution in [0.3, 0.4) is 0 Å². The Labute approximate surface area is 102 Å². The Morgan fingerprint density at radius 2 is 1.83 bits per heavy atom. The zero-order valence-corrected chi connectivity index (χ0v) is 10.1. The van der Waals surface area contributed by atoms with Gasteiger partial charge in [0.2, 0.25) is 0 Å². The summed E-state index contributed by atoms with van der Waals surface area (Å²) >= 11 is 0. The molecule has 0 aliphatic heterocycles. The van der Waals surface area contributed by atoms with Gasteiger partial charge in [-0.15, -0.1) is 0 Å². The maximum absolute atomic E-state index is 13.5. The topological polar surface area (TPSA) is 46.2 Å². The van der Waals surface area contributed by atoms with Crippen molar-refractivity contribution in [3.8, 4) is 0 Å². The van der Waals surface area contributed by atoms with Crippen LogP contribution in [0.1, 0.15) is 31.0 Å². The molecule has 1 atom stereocenters. The average Bonchev–Trinajstić information content (AvgIpc) is 2.27. The molecule has 0 heterocycles. The van der Waals surface area contributed by atoms with Crippen LogP contribution in [0.25, 0.3) is 0 Å². The number of rotatable bonds is 3. The van der Waals surface area contributed by atoms with Crippen molar-refractivity contribution >= 4 is 0 Å². The molecule has 0 bridgehead atoms. The summed E-state index contributed by atoms with van der Waals surface area (Å²) in [6.07, 6.45) is -4.55. The van der Waals surface area contributed by atoms with Gasteiger partial charge in [0.25, 0.3) is 0 Å². The highest BCUT2D eigenvalue weighted by Gasteiger charge is 2.34. The molecule has 0 aliphatic carbocycles. The fraction of sp³-hybridized carbons (Fsp3) is 0.500. The number of aliphatic hydroxyl groups is 1. The van der Waals surface area contributed by atoms with E-state index in [2.05, 4.69) is 0 Å². The number of benzene rings is 1. The van der Waals surface area contributed by atoms with Gasteiger partial charge in [-0.05, 0) is 18.2 Å². The Hall–Kier alpha value is -1.14. The molecule has 0 spiro atoms. The Morgan fingerprint density at radius 1 is 1.28 bits per heavy atom. The Kier molecular flexibility index (Phi) is 4.02. The second kappa shape index (κ2) is 4.85. The van der Waals surface area contributed by atoms with E-state index in [-0.39, 0.29) is 12.2 Å². The first-order valence-electron chi connectivity index (χ1n) is 5.32. The molecule has 0 aromatic heterocycles. The molecule has 0 saturated carbocycles. The highest BCUT2D eigenvalue weighted by atomic mass is 19.4. The molecule has 1 aromatic carbocycles. The van der Waals surface area contributed by atoms with Gasteiger partial charge < -0.3 is 10.8 Å². The van der Waals surface area contributed by atoms with Gasteiger partial charge in [-0.3, -0.25) is 0 Å². The van der Waals surface area contributed by atoms with Gasteiger partial charge in [-0.2, -0.15) is 13.2 Å². The van der Waals surface area contributed by atoms with E-state index in [1.807, 2.05) is 0 Å². The third-order valence-corrected chi connectivity index (χ3v) is 2.91. The first-order valence-corrected chi connectivity index (χ1v) is 5.32. The van der Waals surface area contributed by atoms with E-state index < -0.39 is 29.0 Å². The first-order chi connectivity index (χ1) is 8.09. The van der Waals surface area contributed by atoms with E-state index in [0.29, 0.717) is 12.1 Å². The van der Waals surface area contributed by atoms with Gasteiger partial charge in [-0.1, -0.05) is 13.8 Å². The van der Waals surface area contributed by atoms with Crippen LogP contribution in [0.2, 0.25) is 0 Å². The summed E-state index contributed by atoms with van der Waals surface area (Å²) < 4.78 is 51.1. The van der Waals surface area contributed by atoms with Gasteiger partial charge in [-0.25, -0.2) is 4.39 Å². The monoisotopic (exact) mass is 265 g/mol. The van der Waals surface area contributed by atoms with Crippen LogP contribution < -0.4 is 5.73 Å². The average molecular weight is 265 g/mol. The lowest BCUT2D eigenvalue weighted by Crippen LogP contribution is -2.33. The van der Waals surface area contributed by atoms with Crippen molar-refractivity contribution in [3.63, 3.8) is 0 Å². The number of aliphatic hydroxyl groups excluding tert-OH is 1. The fourth-order valence-corrected chi connectivity index (χ4v) is 1.48. The van der Waals surface area contributed by atoms with Crippen molar-refractivity contribution in [1.82, 2.24) is 0 Å². The molecule has 2 nitrogen and oxygen atoms in total. The molecule has 1 aromatic rings. The van der Waals surface area contributed by atoms with Crippen molar-refractivity contribution < 1.29 is 22.7 Å². The Morgan fingerprint density at radius 3 is 2.28 bits per heavy atom. The molecule has 0 unspecified atom stereocenters. The number of hydrogen-bond donors (Lipinski definition) is 2. The molecule has 0 fully saturated rings. The summed E-state index contributed by atoms with van der Waals surface area (Å²) in [4.78, 5) is 0. The maximum atomic E-state index is 13.5. The molecular formula is C12H15F4NO. The van der Waals surface area contributed by atoms with Crippen molar-refractivity contribution in [2.45, 2.75) is 26.1 Å². The standard InChI is InChI=1S/C12H15F4NO/c1-11(2,6-18)10(17)8-5-7(12(14,15)16)3-4-9(8)13/h3-5,10,18H,6,17H2,1-2H3/t10-/m0/s1. The number of hydrogen-bond acceptors (Lipinski definition) is 2. The van der Waals surface area contributed by atoms with Gasteiger partial charge in [0.15, 0.2) is 0 Å². The fourth-order valence-electron chi connectivity index (χ4n) is 1.48. The Bertz CT molecular complexity index is 429. The third kappa shape index (κ3) is 3.00. The van der Waals surface area contributed by atoms with Crippen LogP contribution in [0.15, 0.2) is 18.2 Å². The summed E-state index contributed by atoms with van der Waals surface area (Å²) in [5.41, 5.74) is 3.62. The van der Waals surface area contributed by atoms with Crippen LogP contribution in [0.5, 0.6) is 0 Å². The zero-order chi connectivity index (χ0) is 14.1. The molecule has 0 aliphatic rings. The van der Waals surface area contributed by atoms with E-state index in [1.54, 1.807) is 13.8 Å². The highest BCUT2D eigenvalue weighted by Crippen LogP contribution is 2.36. The van der Waals surface area contributed by atoms with Crippen LogP contribution in [-0.4, -0.2) is 11.7 Å². The number of alkyl halides is 3. The lowest BCUT2D eigenvalue weighted by Gasteiger charge is -2.30. The van der Waals surface area contributed by atoms with E-state index in [0.717, 1.165) is 6.07 Å². The molecule has 6 heteroatoms. The summed E-state index contributed by atoms with van der Waals surface area (Å²) in [6, 6.07) is 1.07. The van der Waals surface area contributed by atoms with Crippen LogP contribution in [0.4, 0.5) is 17.6 Å². The predicted octanol–water partition coefficient (Wildman–Crippen LogP) is 2.86. The van der Waals surface area contributed by atoms with Crippen molar-refractivity contribution in [1.29, 1.82) is 0 Å². The number of nitrogens with two attached hydrogens (primary N) is 1. The highest BCUT2D eigenvalue weighted by molar-refractivity contribution is 5.30. The minimum absolute atomic E-state index is 0.246. The van der Waals surface area contributed by atoms with E-state index in [9.17, 15) is 17.6 Å². The van der Waals surface area contributed by atoms with Crippen molar-refractivity contribution in [3.05, 3.63) is 35.1 Å². The Balaban J connectivity index is 3.24. The van der Waals surface area contributed by atoms with Crippen LogP contribution >= 0.6 is 0 Å². The minimum atomic E-state index is -4.55. The SMILES string of the molecule is CC(C)(CO)[C@@H](N)c1cc(C(F)(F)F)ccc1F. The van der Waals surface area contributed by atoms with Crippen molar-refractivity contribution in [2.75, 3.05) is 6.61 Å². The van der Waals surface area contributed by atoms with Gasteiger partial charge >= 0.3 is 6.18 Å². The summed E-state index contributed by atoms with van der Waals surface area (Å²) in [7, 11) is 0. The van der Waals surface area contributed by atoms with Crippen LogP contribution in [-0.2, 0) is 6.18 Å². The molecule has 0 amide bonds. The lowest BCUT2D eigenvalue weighted by atomic mass is 9.81. The largest absolute Gasteiger partial charge is 0.416 e. The summed E-state index contributed by atoms with van der Waals surface area (Å²) in [5.74, 6) is -0.808. The molecule has 102 valence electrons. The molecule has 3 N–H and O–H groups in total. The maximum Gasteiger partial charge on any atom is 0.416 e. The zero-order valence-electron chi connectivity index (χ0n) is 10.1. The first kappa shape index (κ1) is 14.9. The minimum Gasteiger partial charge on any atom is -0.396 e. The van der Waals surface area contributed by atoms with E-state index >= 15 is 0 Å². The normalized spacial score (nSPS) is 14.7. The van der Waals surface area contributed by atoms with Gasteiger partial charge in [0.05, 0.1) is 5.56 Å². The number of halogens is 4. The second-order valence-corrected chi connectivity index (χ2v) is 4.86. The predicted molar refractivity (Wildman–Crippen MR) is 59.2 cm³/mol. The van der Waals surface area contributed by atoms with E-state index in [4.69, 9.17) is 10.8 Å².